The van der Waals surface area contributed by atoms with E-state index >= 15 is 0 Å². The Hall–Kier alpha value is -3.44. The zero-order chi connectivity index (χ0) is 30.9. The van der Waals surface area contributed by atoms with Gasteiger partial charge in [0.1, 0.15) is 22.8 Å². The molecule has 42 heavy (non-hydrogen) atoms. The van der Waals surface area contributed by atoms with Crippen LogP contribution in [-0.2, 0) is 30.8 Å². The lowest BCUT2D eigenvalue weighted by Gasteiger charge is -2.42. The zero-order valence-corrected chi connectivity index (χ0v) is 23.3. The SMILES string of the molecule is CC(=O)[C@]1(O)Cc2c(O)c3c(c(O)c2[C@@H](OC2CC(N)C(O)C(C)O2)C1)C(=O)c1c(OCS(=O)(=O)O)cccc1C3=O. The van der Waals surface area contributed by atoms with Crippen molar-refractivity contribution < 1.29 is 62.0 Å². The number of benzene rings is 2. The molecule has 0 saturated carbocycles. The van der Waals surface area contributed by atoms with E-state index in [0.29, 0.717) is 0 Å². The summed E-state index contributed by atoms with van der Waals surface area (Å²) >= 11 is 0. The molecule has 6 atom stereocenters. The van der Waals surface area contributed by atoms with Crippen LogP contribution >= 0.6 is 0 Å². The Bertz CT molecular complexity index is 1610. The monoisotopic (exact) mass is 607 g/mol. The predicted octanol–water partition coefficient (Wildman–Crippen LogP) is 0.244. The van der Waals surface area contributed by atoms with Crippen molar-refractivity contribution >= 4 is 27.5 Å². The van der Waals surface area contributed by atoms with Crippen LogP contribution in [0.3, 0.4) is 0 Å². The lowest BCUT2D eigenvalue weighted by Crippen LogP contribution is -2.52. The number of aliphatic hydroxyl groups is 2. The third-order valence-corrected chi connectivity index (χ3v) is 8.36. The van der Waals surface area contributed by atoms with Crippen LogP contribution in [0.25, 0.3) is 0 Å². The van der Waals surface area contributed by atoms with Crippen molar-refractivity contribution in [2.24, 2.45) is 5.73 Å². The number of aromatic hydroxyl groups is 2. The maximum Gasteiger partial charge on any atom is 0.300 e. The first-order valence-corrected chi connectivity index (χ1v) is 14.5. The van der Waals surface area contributed by atoms with E-state index in [9.17, 15) is 43.2 Å². The molecule has 0 aromatic heterocycles. The molecule has 0 spiro atoms. The van der Waals surface area contributed by atoms with Gasteiger partial charge in [0.25, 0.3) is 0 Å². The summed E-state index contributed by atoms with van der Waals surface area (Å²) in [5.74, 6) is -5.74. The maximum absolute atomic E-state index is 13.8. The molecule has 7 N–H and O–H groups in total. The van der Waals surface area contributed by atoms with E-state index in [4.69, 9.17) is 24.5 Å². The van der Waals surface area contributed by atoms with Gasteiger partial charge in [-0.25, -0.2) is 0 Å². The van der Waals surface area contributed by atoms with E-state index < -0.39 is 111 Å². The number of hydrogen-bond acceptors (Lipinski definition) is 13. The Labute approximate surface area is 239 Å². The molecule has 2 aromatic rings. The smallest absolute Gasteiger partial charge is 0.300 e. The van der Waals surface area contributed by atoms with Crippen LogP contribution in [0.1, 0.15) is 75.8 Å². The second kappa shape index (κ2) is 10.4. The minimum atomic E-state index is -4.63. The fourth-order valence-electron chi connectivity index (χ4n) is 5.75. The zero-order valence-electron chi connectivity index (χ0n) is 22.4. The van der Waals surface area contributed by atoms with Gasteiger partial charge in [-0.2, -0.15) is 8.42 Å². The molecule has 1 saturated heterocycles. The molecule has 1 fully saturated rings. The molecule has 14 nitrogen and oxygen atoms in total. The van der Waals surface area contributed by atoms with Gasteiger partial charge in [0.2, 0.25) is 11.7 Å². The number of carbonyl (C=O) groups is 3. The van der Waals surface area contributed by atoms with Crippen LogP contribution < -0.4 is 10.5 Å². The molecule has 5 rings (SSSR count). The van der Waals surface area contributed by atoms with Gasteiger partial charge in [-0.1, -0.05) is 12.1 Å². The van der Waals surface area contributed by atoms with E-state index in [1.54, 1.807) is 6.92 Å². The number of phenolic OH excluding ortho intramolecular Hbond substituents is 2. The molecule has 0 amide bonds. The number of phenols is 2. The van der Waals surface area contributed by atoms with E-state index in [1.165, 1.54) is 18.2 Å². The molecule has 3 aliphatic rings. The Morgan fingerprint density at radius 1 is 1.14 bits per heavy atom. The summed E-state index contributed by atoms with van der Waals surface area (Å²) in [6.45, 7) is 2.69. The molecular formula is C27H29NO13S. The van der Waals surface area contributed by atoms with E-state index in [2.05, 4.69) is 0 Å². The third-order valence-electron chi connectivity index (χ3n) is 7.94. The average Bonchev–Trinajstić information content (AvgIpc) is 2.90. The number of carbonyl (C=O) groups excluding carboxylic acids is 3. The second-order valence-electron chi connectivity index (χ2n) is 10.8. The number of fused-ring (bicyclic) bond motifs is 3. The van der Waals surface area contributed by atoms with Crippen LogP contribution in [0.15, 0.2) is 18.2 Å². The third kappa shape index (κ3) is 4.96. The molecule has 0 bridgehead atoms. The number of aliphatic hydroxyl groups excluding tert-OH is 1. The van der Waals surface area contributed by atoms with Crippen molar-refractivity contribution in [3.63, 3.8) is 0 Å². The Kier molecular flexibility index (Phi) is 7.42. The number of nitrogens with two attached hydrogens (primary N) is 1. The van der Waals surface area contributed by atoms with Crippen molar-refractivity contribution in [1.82, 2.24) is 0 Å². The van der Waals surface area contributed by atoms with Gasteiger partial charge in [-0.3, -0.25) is 18.9 Å². The molecule has 0 radical (unpaired) electrons. The minimum absolute atomic E-state index is 0.00716. The van der Waals surface area contributed by atoms with Crippen molar-refractivity contribution in [2.45, 2.75) is 69.4 Å². The van der Waals surface area contributed by atoms with Crippen molar-refractivity contribution in [2.75, 3.05) is 5.94 Å². The molecule has 4 unspecified atom stereocenters. The van der Waals surface area contributed by atoms with Crippen LogP contribution in [0.4, 0.5) is 0 Å². The second-order valence-corrected chi connectivity index (χ2v) is 12.2. The van der Waals surface area contributed by atoms with E-state index in [1.807, 2.05) is 0 Å². The van der Waals surface area contributed by atoms with Crippen LogP contribution in [0, 0.1) is 0 Å². The van der Waals surface area contributed by atoms with E-state index in [-0.39, 0.29) is 28.9 Å². The fourth-order valence-corrected chi connectivity index (χ4v) is 6.02. The fraction of sp³-hybridized carbons (Fsp3) is 0.444. The van der Waals surface area contributed by atoms with Gasteiger partial charge >= 0.3 is 10.1 Å². The minimum Gasteiger partial charge on any atom is -0.507 e. The van der Waals surface area contributed by atoms with Crippen LogP contribution in [-0.4, -0.2) is 86.8 Å². The van der Waals surface area contributed by atoms with Gasteiger partial charge in [-0.15, -0.1) is 0 Å². The summed E-state index contributed by atoms with van der Waals surface area (Å²) in [5.41, 5.74) is 1.64. The first-order valence-electron chi connectivity index (χ1n) is 12.9. The van der Waals surface area contributed by atoms with Crippen LogP contribution in [0.5, 0.6) is 17.2 Å². The van der Waals surface area contributed by atoms with Gasteiger partial charge in [-0.05, 0) is 19.9 Å². The van der Waals surface area contributed by atoms with Crippen molar-refractivity contribution in [3.8, 4) is 17.2 Å². The first-order chi connectivity index (χ1) is 19.5. The average molecular weight is 608 g/mol. The van der Waals surface area contributed by atoms with Gasteiger partial charge in [0.15, 0.2) is 17.9 Å². The molecule has 2 aliphatic carbocycles. The van der Waals surface area contributed by atoms with Gasteiger partial charge < -0.3 is 40.4 Å². The largest absolute Gasteiger partial charge is 0.507 e. The number of hydrogen-bond donors (Lipinski definition) is 6. The van der Waals surface area contributed by atoms with Crippen molar-refractivity contribution in [3.05, 3.63) is 51.6 Å². The highest BCUT2D eigenvalue weighted by atomic mass is 32.2. The Balaban J connectivity index is 1.66. The topological polar surface area (TPSA) is 240 Å². The molecule has 226 valence electrons. The summed E-state index contributed by atoms with van der Waals surface area (Å²) in [5, 5.41) is 44.3. The van der Waals surface area contributed by atoms with Crippen molar-refractivity contribution in [1.29, 1.82) is 0 Å². The highest BCUT2D eigenvalue weighted by molar-refractivity contribution is 7.85. The quantitative estimate of drug-likeness (QED) is 0.163. The normalized spacial score (nSPS) is 29.0. The molecule has 2 aromatic carbocycles. The first kappa shape index (κ1) is 30.0. The van der Waals surface area contributed by atoms with Crippen LogP contribution in [0.2, 0.25) is 0 Å². The summed E-state index contributed by atoms with van der Waals surface area (Å²) in [6, 6.07) is 2.95. The molecule has 1 heterocycles. The predicted molar refractivity (Wildman–Crippen MR) is 141 cm³/mol. The summed E-state index contributed by atoms with van der Waals surface area (Å²) in [4.78, 5) is 39.9. The summed E-state index contributed by atoms with van der Waals surface area (Å²) in [6.07, 6.45) is -5.13. The summed E-state index contributed by atoms with van der Waals surface area (Å²) in [7, 11) is -4.63. The highest BCUT2D eigenvalue weighted by Crippen LogP contribution is 2.52. The van der Waals surface area contributed by atoms with E-state index in [0.717, 1.165) is 6.92 Å². The molecule has 1 aliphatic heterocycles. The number of ether oxygens (including phenoxy) is 3. The summed E-state index contributed by atoms with van der Waals surface area (Å²) < 4.78 is 48.4. The van der Waals surface area contributed by atoms with Gasteiger partial charge in [0, 0.05) is 42.0 Å². The lowest BCUT2D eigenvalue weighted by atomic mass is 9.72. The highest BCUT2D eigenvalue weighted by Gasteiger charge is 2.49. The Morgan fingerprint density at radius 3 is 2.43 bits per heavy atom. The number of rotatable bonds is 6. The standard InChI is InChI=1S/C27H29NO13S/c1-10-22(30)14(28)6-17(40-10)41-16-8-27(35,11(2)29)7-13-19(16)26(34)21-20(24(13)32)23(31)12-4-3-5-15(18(12)25(21)33)39-9-42(36,37)38/h3-5,10,14,16-17,22,30,32,34-35H,6-9,28H2,1-2H3,(H,36,37,38)/t10?,14?,16-,17?,22?,27-/m0/s1. The number of Topliss-reactive ketones (excluding diaryl/α,β-unsaturated/α-hetero) is 1. The lowest BCUT2D eigenvalue weighted by molar-refractivity contribution is -0.247. The van der Waals surface area contributed by atoms with Gasteiger partial charge in [0.05, 0.1) is 35.0 Å². The number of ketones is 3. The Morgan fingerprint density at radius 2 is 1.81 bits per heavy atom. The molecular weight excluding hydrogens is 578 g/mol. The molecule has 15 heteroatoms. The maximum atomic E-state index is 13.8.